The highest BCUT2D eigenvalue weighted by molar-refractivity contribution is 7.99. The monoisotopic (exact) mass is 447 g/mol. The van der Waals surface area contributed by atoms with E-state index in [0.717, 1.165) is 34.5 Å². The Hall–Kier alpha value is -1.50. The number of hydrogen-bond donors (Lipinski definition) is 0. The minimum atomic E-state index is 0.545. The lowest BCUT2D eigenvalue weighted by Gasteiger charge is -2.44. The zero-order chi connectivity index (χ0) is 19.8. The van der Waals surface area contributed by atoms with Crippen LogP contribution < -0.4 is 4.90 Å². The number of hydrogen-bond acceptors (Lipinski definition) is 5. The Morgan fingerprint density at radius 1 is 0.966 bits per heavy atom. The number of rotatable bonds is 3. The highest BCUT2D eigenvalue weighted by Crippen LogP contribution is 2.45. The van der Waals surface area contributed by atoms with Crippen LogP contribution in [0.5, 0.6) is 0 Å². The Bertz CT molecular complexity index is 1020. The normalized spacial score (nSPS) is 19.2. The molecule has 0 N–H and O–H groups in total. The summed E-state index contributed by atoms with van der Waals surface area (Å²) in [5, 5.41) is 9.61. The van der Waals surface area contributed by atoms with Gasteiger partial charge in [0.2, 0.25) is 5.95 Å². The topological polar surface area (TPSA) is 46.3 Å². The fraction of sp³-hybridized carbons (Fsp3) is 0.476. The average molecular weight is 448 g/mol. The van der Waals surface area contributed by atoms with Gasteiger partial charge in [0.05, 0.1) is 14.9 Å². The Balaban J connectivity index is 1.40. The van der Waals surface area contributed by atoms with Crippen molar-refractivity contribution >= 4 is 46.6 Å². The molecule has 1 spiro atoms. The van der Waals surface area contributed by atoms with E-state index in [2.05, 4.69) is 15.1 Å². The molecule has 1 aromatic carbocycles. The van der Waals surface area contributed by atoms with Gasteiger partial charge in [-0.3, -0.25) is 0 Å². The smallest absolute Gasteiger partial charge is 0.212 e. The molecule has 0 unspecified atom stereocenters. The van der Waals surface area contributed by atoms with Crippen LogP contribution in [-0.4, -0.2) is 32.7 Å². The van der Waals surface area contributed by atoms with E-state index >= 15 is 0 Å². The van der Waals surface area contributed by atoms with Crippen LogP contribution in [0.25, 0.3) is 5.65 Å². The lowest BCUT2D eigenvalue weighted by molar-refractivity contribution is 0.143. The molecule has 1 saturated carbocycles. The molecular weight excluding hydrogens is 425 g/mol. The van der Waals surface area contributed by atoms with Crippen molar-refractivity contribution in [3.63, 3.8) is 0 Å². The maximum atomic E-state index is 6.37. The summed E-state index contributed by atoms with van der Waals surface area (Å²) in [6, 6.07) is 5.64. The SMILES string of the molecule is Clc1cccc(Sc2cnc(N3CCC4(CCCCC4)CC3)n3cnnc23)c1Cl. The molecular formula is C21H23Cl2N5S. The van der Waals surface area contributed by atoms with Crippen LogP contribution in [0, 0.1) is 5.41 Å². The molecule has 1 aliphatic heterocycles. The molecule has 2 aromatic heterocycles. The first-order valence-electron chi connectivity index (χ1n) is 10.2. The van der Waals surface area contributed by atoms with Crippen molar-refractivity contribution in [3.05, 3.63) is 40.8 Å². The Morgan fingerprint density at radius 3 is 2.55 bits per heavy atom. The van der Waals surface area contributed by atoms with Gasteiger partial charge in [-0.15, -0.1) is 10.2 Å². The molecule has 0 atom stereocenters. The second-order valence-electron chi connectivity index (χ2n) is 8.15. The first-order valence-corrected chi connectivity index (χ1v) is 11.8. The molecule has 2 fully saturated rings. The lowest BCUT2D eigenvalue weighted by Crippen LogP contribution is -2.42. The van der Waals surface area contributed by atoms with E-state index in [4.69, 9.17) is 28.2 Å². The van der Waals surface area contributed by atoms with E-state index in [1.165, 1.54) is 56.7 Å². The van der Waals surface area contributed by atoms with Gasteiger partial charge in [0.25, 0.3) is 0 Å². The fourth-order valence-corrected chi connectivity index (χ4v) is 6.15. The fourth-order valence-electron chi connectivity index (χ4n) is 4.76. The summed E-state index contributed by atoms with van der Waals surface area (Å²) in [7, 11) is 0. The minimum absolute atomic E-state index is 0.545. The molecule has 152 valence electrons. The van der Waals surface area contributed by atoms with Crippen molar-refractivity contribution in [1.29, 1.82) is 0 Å². The van der Waals surface area contributed by atoms with E-state index in [1.54, 1.807) is 12.4 Å². The van der Waals surface area contributed by atoms with E-state index in [1.807, 2.05) is 22.7 Å². The van der Waals surface area contributed by atoms with Crippen LogP contribution >= 0.6 is 35.0 Å². The molecule has 3 heterocycles. The van der Waals surface area contributed by atoms with Crippen LogP contribution in [-0.2, 0) is 0 Å². The van der Waals surface area contributed by atoms with Crippen molar-refractivity contribution < 1.29 is 0 Å². The summed E-state index contributed by atoms with van der Waals surface area (Å²) in [5.74, 6) is 0.928. The van der Waals surface area contributed by atoms with Gasteiger partial charge in [-0.1, -0.05) is 60.3 Å². The number of aromatic nitrogens is 4. The molecule has 8 heteroatoms. The van der Waals surface area contributed by atoms with Crippen molar-refractivity contribution in [2.45, 2.75) is 54.7 Å². The van der Waals surface area contributed by atoms with Gasteiger partial charge in [-0.2, -0.15) is 0 Å². The van der Waals surface area contributed by atoms with E-state index < -0.39 is 0 Å². The number of halogens is 2. The largest absolute Gasteiger partial charge is 0.342 e. The summed E-state index contributed by atoms with van der Waals surface area (Å²) in [5.41, 5.74) is 1.37. The van der Waals surface area contributed by atoms with Crippen molar-refractivity contribution in [1.82, 2.24) is 19.6 Å². The second kappa shape index (κ2) is 7.97. The zero-order valence-corrected chi connectivity index (χ0v) is 18.5. The maximum absolute atomic E-state index is 6.37. The summed E-state index contributed by atoms with van der Waals surface area (Å²) >= 11 is 14.0. The van der Waals surface area contributed by atoms with Gasteiger partial charge in [0, 0.05) is 24.2 Å². The van der Waals surface area contributed by atoms with Gasteiger partial charge < -0.3 is 4.90 Å². The molecule has 1 aliphatic carbocycles. The highest BCUT2D eigenvalue weighted by atomic mass is 35.5. The van der Waals surface area contributed by atoms with E-state index in [0.29, 0.717) is 15.5 Å². The number of fused-ring (bicyclic) bond motifs is 1. The number of anilines is 1. The molecule has 5 rings (SSSR count). The van der Waals surface area contributed by atoms with E-state index in [-0.39, 0.29) is 0 Å². The van der Waals surface area contributed by atoms with Crippen LogP contribution in [0.1, 0.15) is 44.9 Å². The predicted molar refractivity (Wildman–Crippen MR) is 118 cm³/mol. The van der Waals surface area contributed by atoms with Crippen molar-refractivity contribution in [3.8, 4) is 0 Å². The van der Waals surface area contributed by atoms with Crippen LogP contribution in [0.2, 0.25) is 10.0 Å². The lowest BCUT2D eigenvalue weighted by atomic mass is 9.68. The molecule has 0 bridgehead atoms. The molecule has 0 amide bonds. The highest BCUT2D eigenvalue weighted by Gasteiger charge is 2.36. The molecule has 5 nitrogen and oxygen atoms in total. The second-order valence-corrected chi connectivity index (χ2v) is 10.0. The van der Waals surface area contributed by atoms with Crippen molar-refractivity contribution in [2.75, 3.05) is 18.0 Å². The van der Waals surface area contributed by atoms with Gasteiger partial charge >= 0.3 is 0 Å². The maximum Gasteiger partial charge on any atom is 0.212 e. The number of benzene rings is 1. The predicted octanol–water partition coefficient (Wildman–Crippen LogP) is 6.13. The quantitative estimate of drug-likeness (QED) is 0.482. The van der Waals surface area contributed by atoms with Gasteiger partial charge in [0.15, 0.2) is 5.65 Å². The summed E-state index contributed by atoms with van der Waals surface area (Å²) in [6.45, 7) is 2.10. The summed E-state index contributed by atoms with van der Waals surface area (Å²) in [4.78, 5) is 8.98. The third-order valence-corrected chi connectivity index (χ3v) is 8.44. The zero-order valence-electron chi connectivity index (χ0n) is 16.2. The third-order valence-electron chi connectivity index (χ3n) is 6.44. The Kier molecular flexibility index (Phi) is 5.35. The molecule has 3 aromatic rings. The van der Waals surface area contributed by atoms with Crippen LogP contribution in [0.3, 0.4) is 0 Å². The minimum Gasteiger partial charge on any atom is -0.342 e. The summed E-state index contributed by atoms with van der Waals surface area (Å²) in [6.07, 6.45) is 13.1. The first kappa shape index (κ1) is 19.5. The Labute approximate surface area is 184 Å². The number of piperidine rings is 1. The number of nitrogens with zero attached hydrogens (tertiary/aromatic N) is 5. The van der Waals surface area contributed by atoms with Crippen LogP contribution in [0.4, 0.5) is 5.95 Å². The van der Waals surface area contributed by atoms with Crippen molar-refractivity contribution in [2.24, 2.45) is 5.41 Å². The molecule has 2 aliphatic rings. The Morgan fingerprint density at radius 2 is 1.76 bits per heavy atom. The summed E-state index contributed by atoms with van der Waals surface area (Å²) < 4.78 is 2.00. The van der Waals surface area contributed by atoms with Gasteiger partial charge in [-0.25, -0.2) is 9.38 Å². The van der Waals surface area contributed by atoms with Gasteiger partial charge in [0.1, 0.15) is 6.33 Å². The van der Waals surface area contributed by atoms with Gasteiger partial charge in [-0.05, 0) is 43.2 Å². The molecule has 29 heavy (non-hydrogen) atoms. The molecule has 0 radical (unpaired) electrons. The average Bonchev–Trinajstić information content (AvgIpc) is 3.24. The third kappa shape index (κ3) is 3.71. The first-order chi connectivity index (χ1) is 14.2. The van der Waals surface area contributed by atoms with Crippen LogP contribution in [0.15, 0.2) is 40.5 Å². The van der Waals surface area contributed by atoms with E-state index in [9.17, 15) is 0 Å². The molecule has 1 saturated heterocycles. The standard InChI is InChI=1S/C21H23Cl2N5S/c22-15-5-4-6-16(18(15)23)29-17-13-24-20(28-14-25-26-19(17)28)27-11-9-21(10-12-27)7-2-1-3-8-21/h4-6,13-14H,1-3,7-12H2.